The van der Waals surface area contributed by atoms with Crippen molar-refractivity contribution in [3.8, 4) is 29.2 Å². The van der Waals surface area contributed by atoms with Crippen LogP contribution in [-0.4, -0.2) is 4.98 Å². The number of oxazole rings is 1. The van der Waals surface area contributed by atoms with E-state index < -0.39 is 0 Å². The molecule has 1 N–H and O–H groups in total. The van der Waals surface area contributed by atoms with Gasteiger partial charge in [-0.05, 0) is 60.5 Å². The van der Waals surface area contributed by atoms with Crippen molar-refractivity contribution in [3.05, 3.63) is 82.7 Å². The lowest BCUT2D eigenvalue weighted by Gasteiger charge is -2.08. The molecule has 0 aliphatic rings. The molecule has 0 aliphatic carbocycles. The van der Waals surface area contributed by atoms with E-state index in [0.717, 1.165) is 16.9 Å². The van der Waals surface area contributed by atoms with Crippen LogP contribution in [0.5, 0.6) is 11.5 Å². The molecule has 0 unspecified atom stereocenters. The summed E-state index contributed by atoms with van der Waals surface area (Å²) in [5.41, 5.74) is 2.12. The molecule has 2 aromatic carbocycles. The molecule has 0 radical (unpaired) electrons. The zero-order chi connectivity index (χ0) is 20.2. The number of aromatic nitrogens is 1. The number of ether oxygens (including phenoxy) is 1. The van der Waals surface area contributed by atoms with E-state index in [1.807, 2.05) is 55.5 Å². The molecule has 144 valence electrons. The lowest BCUT2D eigenvalue weighted by molar-refractivity contribution is 0.482. The van der Waals surface area contributed by atoms with Gasteiger partial charge in [-0.1, -0.05) is 23.7 Å². The first-order valence-corrected chi connectivity index (χ1v) is 9.22. The molecule has 0 amide bonds. The van der Waals surface area contributed by atoms with Crippen molar-refractivity contribution in [3.63, 3.8) is 0 Å². The van der Waals surface area contributed by atoms with E-state index in [1.54, 1.807) is 12.1 Å². The molecule has 2 aromatic heterocycles. The van der Waals surface area contributed by atoms with E-state index in [9.17, 15) is 5.26 Å². The van der Waals surface area contributed by atoms with Crippen molar-refractivity contribution in [2.75, 3.05) is 5.32 Å². The normalized spacial score (nSPS) is 10.5. The highest BCUT2D eigenvalue weighted by molar-refractivity contribution is 6.31. The van der Waals surface area contributed by atoms with Gasteiger partial charge >= 0.3 is 0 Å². The van der Waals surface area contributed by atoms with Crippen LogP contribution >= 0.6 is 11.6 Å². The number of aryl methyl sites for hydroxylation is 1. The number of nitrogens with zero attached hydrogens (tertiary/aromatic N) is 2. The average Bonchev–Trinajstić information content (AvgIpc) is 3.40. The number of anilines is 1. The molecular formula is C22H16ClN3O3. The van der Waals surface area contributed by atoms with Crippen molar-refractivity contribution in [2.24, 2.45) is 0 Å². The number of halogens is 1. The Morgan fingerprint density at radius 1 is 1.14 bits per heavy atom. The van der Waals surface area contributed by atoms with Gasteiger partial charge in [0, 0.05) is 11.6 Å². The molecule has 29 heavy (non-hydrogen) atoms. The van der Waals surface area contributed by atoms with E-state index in [0.29, 0.717) is 29.0 Å². The van der Waals surface area contributed by atoms with E-state index in [4.69, 9.17) is 25.2 Å². The summed E-state index contributed by atoms with van der Waals surface area (Å²) in [6.45, 7) is 2.39. The first-order valence-electron chi connectivity index (χ1n) is 8.84. The smallest absolute Gasteiger partial charge is 0.266 e. The molecular weight excluding hydrogens is 390 g/mol. The van der Waals surface area contributed by atoms with Crippen molar-refractivity contribution >= 4 is 17.5 Å². The Hall–Kier alpha value is -3.69. The molecule has 4 rings (SSSR count). The molecule has 2 heterocycles. The predicted molar refractivity (Wildman–Crippen MR) is 109 cm³/mol. The molecule has 0 spiro atoms. The van der Waals surface area contributed by atoms with Crippen molar-refractivity contribution in [1.29, 1.82) is 5.26 Å². The molecule has 0 bridgehead atoms. The van der Waals surface area contributed by atoms with Crippen LogP contribution in [-0.2, 0) is 6.54 Å². The summed E-state index contributed by atoms with van der Waals surface area (Å²) in [6.07, 6.45) is 1.52. The summed E-state index contributed by atoms with van der Waals surface area (Å²) >= 11 is 6.04. The van der Waals surface area contributed by atoms with Crippen molar-refractivity contribution in [2.45, 2.75) is 13.5 Å². The SMILES string of the molecule is Cc1cc(Oc2ccc(CNc3oc(-c4ccco4)nc3C#N)cc2)ccc1Cl. The Kier molecular flexibility index (Phi) is 5.23. The predicted octanol–water partition coefficient (Wildman–Crippen LogP) is 6.17. The third kappa shape index (κ3) is 4.26. The van der Waals surface area contributed by atoms with Gasteiger partial charge in [0.05, 0.1) is 6.26 Å². The molecule has 0 atom stereocenters. The number of hydrogen-bond donors (Lipinski definition) is 1. The maximum atomic E-state index is 9.27. The van der Waals surface area contributed by atoms with Crippen LogP contribution in [0.1, 0.15) is 16.8 Å². The van der Waals surface area contributed by atoms with E-state index >= 15 is 0 Å². The fourth-order valence-corrected chi connectivity index (χ4v) is 2.81. The Labute approximate surface area is 172 Å². The zero-order valence-electron chi connectivity index (χ0n) is 15.5. The molecule has 0 fully saturated rings. The average molecular weight is 406 g/mol. The quantitative estimate of drug-likeness (QED) is 0.412. The number of hydrogen-bond acceptors (Lipinski definition) is 6. The highest BCUT2D eigenvalue weighted by atomic mass is 35.5. The van der Waals surface area contributed by atoms with Crippen LogP contribution in [0.25, 0.3) is 11.7 Å². The number of benzene rings is 2. The fourth-order valence-electron chi connectivity index (χ4n) is 2.70. The number of furan rings is 1. The summed E-state index contributed by atoms with van der Waals surface area (Å²) < 4.78 is 16.7. The minimum Gasteiger partial charge on any atom is -0.459 e. The topological polar surface area (TPSA) is 84.2 Å². The largest absolute Gasteiger partial charge is 0.459 e. The highest BCUT2D eigenvalue weighted by Crippen LogP contribution is 2.28. The van der Waals surface area contributed by atoms with E-state index in [1.165, 1.54) is 6.26 Å². The minimum absolute atomic E-state index is 0.175. The maximum Gasteiger partial charge on any atom is 0.266 e. The van der Waals surface area contributed by atoms with Crippen LogP contribution in [0.3, 0.4) is 0 Å². The Morgan fingerprint density at radius 3 is 2.62 bits per heavy atom. The monoisotopic (exact) mass is 405 g/mol. The summed E-state index contributed by atoms with van der Waals surface area (Å²) in [6, 6.07) is 18.6. The van der Waals surface area contributed by atoms with Gasteiger partial charge < -0.3 is 18.9 Å². The zero-order valence-corrected chi connectivity index (χ0v) is 16.2. The van der Waals surface area contributed by atoms with Crippen molar-refractivity contribution < 1.29 is 13.6 Å². The van der Waals surface area contributed by atoms with Crippen molar-refractivity contribution in [1.82, 2.24) is 4.98 Å². The summed E-state index contributed by atoms with van der Waals surface area (Å²) in [4.78, 5) is 4.14. The number of nitriles is 1. The van der Waals surface area contributed by atoms with Gasteiger partial charge in [-0.15, -0.1) is 0 Å². The first-order chi connectivity index (χ1) is 14.1. The summed E-state index contributed by atoms with van der Waals surface area (Å²) in [5, 5.41) is 13.1. The third-order valence-corrected chi connectivity index (χ3v) is 4.63. The van der Waals surface area contributed by atoms with Gasteiger partial charge in [0.1, 0.15) is 17.6 Å². The standard InChI is InChI=1S/C22H16ClN3O3/c1-14-11-17(8-9-18(14)23)28-16-6-4-15(5-7-16)13-25-21-19(12-24)26-22(29-21)20-3-2-10-27-20/h2-11,25H,13H2,1H3. The Bertz CT molecular complexity index is 1160. The van der Waals surface area contributed by atoms with E-state index in [-0.39, 0.29) is 11.6 Å². The number of rotatable bonds is 6. The Morgan fingerprint density at radius 2 is 1.93 bits per heavy atom. The van der Waals surface area contributed by atoms with Crippen LogP contribution in [0.4, 0.5) is 5.88 Å². The highest BCUT2D eigenvalue weighted by Gasteiger charge is 2.16. The van der Waals surface area contributed by atoms with Gasteiger partial charge in [-0.2, -0.15) is 10.2 Å². The maximum absolute atomic E-state index is 9.27. The van der Waals surface area contributed by atoms with E-state index in [2.05, 4.69) is 10.3 Å². The van der Waals surface area contributed by atoms with Gasteiger partial charge in [0.15, 0.2) is 5.76 Å². The van der Waals surface area contributed by atoms with Crippen LogP contribution in [0.2, 0.25) is 5.02 Å². The molecule has 0 aliphatic heterocycles. The fraction of sp³-hybridized carbons (Fsp3) is 0.0909. The first kappa shape index (κ1) is 18.7. The molecule has 6 nitrogen and oxygen atoms in total. The number of nitrogens with one attached hydrogen (secondary N) is 1. The second-order valence-corrected chi connectivity index (χ2v) is 6.70. The molecule has 4 aromatic rings. The third-order valence-electron chi connectivity index (χ3n) is 4.21. The summed E-state index contributed by atoms with van der Waals surface area (Å²) in [7, 11) is 0. The lowest BCUT2D eigenvalue weighted by atomic mass is 10.2. The second-order valence-electron chi connectivity index (χ2n) is 6.30. The van der Waals surface area contributed by atoms with Gasteiger partial charge in [-0.3, -0.25) is 0 Å². The van der Waals surface area contributed by atoms with Gasteiger partial charge in [-0.25, -0.2) is 0 Å². The molecule has 7 heteroatoms. The van der Waals surface area contributed by atoms with Crippen LogP contribution in [0.15, 0.2) is 69.7 Å². The van der Waals surface area contributed by atoms with Gasteiger partial charge in [0.2, 0.25) is 11.6 Å². The lowest BCUT2D eigenvalue weighted by Crippen LogP contribution is -1.99. The van der Waals surface area contributed by atoms with Crippen LogP contribution in [0, 0.1) is 18.3 Å². The second kappa shape index (κ2) is 8.13. The molecule has 0 saturated carbocycles. The van der Waals surface area contributed by atoms with Crippen LogP contribution < -0.4 is 10.1 Å². The molecule has 0 saturated heterocycles. The summed E-state index contributed by atoms with van der Waals surface area (Å²) in [5.74, 6) is 2.47. The van der Waals surface area contributed by atoms with Gasteiger partial charge in [0.25, 0.3) is 5.89 Å². The minimum atomic E-state index is 0.175. The Balaban J connectivity index is 1.42.